The first kappa shape index (κ1) is 20.4. The van der Waals surface area contributed by atoms with E-state index in [9.17, 15) is 15.3 Å². The van der Waals surface area contributed by atoms with Crippen molar-refractivity contribution >= 4 is 23.0 Å². The van der Waals surface area contributed by atoms with Gasteiger partial charge in [0, 0.05) is 5.41 Å². The third kappa shape index (κ3) is 2.49. The number of aliphatic imine (C=N–C) groups is 1. The van der Waals surface area contributed by atoms with Crippen molar-refractivity contribution in [2.24, 2.45) is 43.2 Å². The Kier molecular flexibility index (Phi) is 4.57. The number of hydrogen-bond acceptors (Lipinski definition) is 9. The molecule has 27 heavy (non-hydrogen) atoms. The zero-order valence-corrected chi connectivity index (χ0v) is 16.6. The minimum absolute atomic E-state index is 0.193. The van der Waals surface area contributed by atoms with Gasteiger partial charge in [-0.3, -0.25) is 4.79 Å². The van der Waals surface area contributed by atoms with E-state index in [-0.39, 0.29) is 11.6 Å². The number of hydrogen-bond donors (Lipinski definition) is 1. The molecule has 144 valence electrons. The molecule has 9 heteroatoms. The molecule has 9 nitrogen and oxygen atoms in total. The van der Waals surface area contributed by atoms with E-state index in [1.807, 2.05) is 6.07 Å². The van der Waals surface area contributed by atoms with E-state index >= 15 is 0 Å². The van der Waals surface area contributed by atoms with Gasteiger partial charge in [-0.15, -0.1) is 0 Å². The Morgan fingerprint density at radius 3 is 1.93 bits per heavy atom. The highest BCUT2D eigenvalue weighted by Crippen LogP contribution is 2.79. The number of nitrogens with two attached hydrogens (primary N) is 1. The molecule has 0 aromatic rings. The fourth-order valence-corrected chi connectivity index (χ4v) is 3.36. The quantitative estimate of drug-likeness (QED) is 0.444. The van der Waals surface area contributed by atoms with Crippen molar-refractivity contribution in [1.82, 2.24) is 0 Å². The van der Waals surface area contributed by atoms with Crippen molar-refractivity contribution in [1.29, 1.82) is 10.5 Å². The summed E-state index contributed by atoms with van der Waals surface area (Å²) in [5, 5.41) is 27.7. The number of carbonyl (C=O) groups is 1. The Hall–Kier alpha value is -2.94. The average molecular weight is 372 g/mol. The molecule has 2 rings (SSSR count). The van der Waals surface area contributed by atoms with E-state index in [1.54, 1.807) is 48.5 Å². The Morgan fingerprint density at radius 1 is 1.11 bits per heavy atom. The number of Topliss-reactive ketones (excluding diaryl/α,β-unsaturated/α-hetero) is 1. The number of carbonyl (C=O) groups excluding carboxylic acids is 1. The molecule has 1 fully saturated rings. The number of amidine groups is 1. The van der Waals surface area contributed by atoms with Crippen LogP contribution in [-0.4, -0.2) is 29.0 Å². The van der Waals surface area contributed by atoms with Gasteiger partial charge in [-0.05, 0) is 27.7 Å². The maximum Gasteiger partial charge on any atom is 0.421 e. The first-order valence-corrected chi connectivity index (χ1v) is 8.47. The Morgan fingerprint density at radius 2 is 1.59 bits per heavy atom. The van der Waals surface area contributed by atoms with Crippen molar-refractivity contribution in [2.45, 2.75) is 54.4 Å². The van der Waals surface area contributed by atoms with Gasteiger partial charge in [0.25, 0.3) is 0 Å². The van der Waals surface area contributed by atoms with Gasteiger partial charge in [0.05, 0.1) is 29.5 Å². The van der Waals surface area contributed by atoms with Gasteiger partial charge in [0.2, 0.25) is 0 Å². The van der Waals surface area contributed by atoms with Gasteiger partial charge in [-0.2, -0.15) is 15.5 Å². The molecule has 0 amide bonds. The summed E-state index contributed by atoms with van der Waals surface area (Å²) in [5.41, 5.74) is 2.83. The van der Waals surface area contributed by atoms with Crippen LogP contribution in [0.1, 0.15) is 48.5 Å². The lowest BCUT2D eigenvalue weighted by Crippen LogP contribution is -2.43. The molecule has 2 aliphatic rings. The summed E-state index contributed by atoms with van der Waals surface area (Å²) in [4.78, 5) is 28.2. The highest BCUT2D eigenvalue weighted by molar-refractivity contribution is 6.08. The Balaban J connectivity index is 2.74. The summed E-state index contributed by atoms with van der Waals surface area (Å²) in [6.45, 7) is 11.8. The SMILES string of the molecule is CC(C)=NOC1(ON=C(C)C)N=C(N)[C@]2(C#N)[C@@H](C(=O)C(C)(C)C)[C@@]12C#N. The summed E-state index contributed by atoms with van der Waals surface area (Å²) in [7, 11) is 0. The number of ketones is 1. The molecular weight excluding hydrogens is 348 g/mol. The number of nitrogens with zero attached hydrogens (tertiary/aromatic N) is 5. The molecule has 1 aliphatic carbocycles. The Labute approximate surface area is 158 Å². The maximum absolute atomic E-state index is 13.1. The topological polar surface area (TPSA) is 146 Å². The van der Waals surface area contributed by atoms with Crippen LogP contribution in [0.2, 0.25) is 0 Å². The van der Waals surface area contributed by atoms with Crippen molar-refractivity contribution in [2.75, 3.05) is 0 Å². The molecule has 0 radical (unpaired) electrons. The molecule has 1 saturated carbocycles. The van der Waals surface area contributed by atoms with E-state index < -0.39 is 28.1 Å². The summed E-state index contributed by atoms with van der Waals surface area (Å²) in [6, 6.07) is 4.08. The van der Waals surface area contributed by atoms with Crippen molar-refractivity contribution in [3.63, 3.8) is 0 Å². The lowest BCUT2D eigenvalue weighted by molar-refractivity contribution is -0.262. The second-order valence-electron chi connectivity index (χ2n) is 8.23. The largest absolute Gasteiger partial charge is 0.421 e. The third-order valence-corrected chi connectivity index (χ3v) is 4.63. The monoisotopic (exact) mass is 372 g/mol. The van der Waals surface area contributed by atoms with Gasteiger partial charge < -0.3 is 15.4 Å². The molecule has 0 unspecified atom stereocenters. The number of oxime groups is 2. The first-order chi connectivity index (χ1) is 12.4. The standard InChI is InChI=1S/C18H24N6O3/c1-10(2)23-26-18(27-24-11(3)4)17(9-20)12(13(25)15(5,6)7)16(17,8-19)14(21)22-18/h12H,1-7H3,(H2,21,22)/t12-,16+,17-/m1/s1. The van der Waals surface area contributed by atoms with Gasteiger partial charge >= 0.3 is 5.91 Å². The van der Waals surface area contributed by atoms with Crippen LogP contribution in [0.15, 0.2) is 15.3 Å². The predicted molar refractivity (Wildman–Crippen MR) is 98.1 cm³/mol. The minimum atomic E-state index is -2.12. The summed E-state index contributed by atoms with van der Waals surface area (Å²) >= 11 is 0. The van der Waals surface area contributed by atoms with Crippen molar-refractivity contribution in [3.8, 4) is 12.1 Å². The lowest BCUT2D eigenvalue weighted by atomic mass is 9.84. The van der Waals surface area contributed by atoms with Crippen LogP contribution >= 0.6 is 0 Å². The fraction of sp³-hybridized carbons (Fsp3) is 0.667. The van der Waals surface area contributed by atoms with E-state index in [0.29, 0.717) is 11.4 Å². The van der Waals surface area contributed by atoms with E-state index in [4.69, 9.17) is 15.4 Å². The smallest absolute Gasteiger partial charge is 0.386 e. The van der Waals surface area contributed by atoms with Crippen LogP contribution in [0.3, 0.4) is 0 Å². The molecule has 0 saturated heterocycles. The van der Waals surface area contributed by atoms with Gasteiger partial charge in [0.15, 0.2) is 10.8 Å². The summed E-state index contributed by atoms with van der Waals surface area (Å²) in [6.07, 6.45) is 0. The maximum atomic E-state index is 13.1. The van der Waals surface area contributed by atoms with Crippen LogP contribution in [0.5, 0.6) is 0 Å². The van der Waals surface area contributed by atoms with E-state index in [0.717, 1.165) is 0 Å². The number of nitriles is 2. The molecule has 1 heterocycles. The molecule has 0 aromatic carbocycles. The third-order valence-electron chi connectivity index (χ3n) is 4.63. The number of fused-ring (bicyclic) bond motifs is 1. The summed E-state index contributed by atoms with van der Waals surface area (Å²) in [5.74, 6) is -3.70. The zero-order valence-electron chi connectivity index (χ0n) is 16.6. The minimum Gasteiger partial charge on any atom is -0.386 e. The number of rotatable bonds is 5. The van der Waals surface area contributed by atoms with Crippen molar-refractivity contribution < 1.29 is 14.5 Å². The Bertz CT molecular complexity index is 826. The molecule has 0 aromatic heterocycles. The second-order valence-corrected chi connectivity index (χ2v) is 8.23. The van der Waals surface area contributed by atoms with Gasteiger partial charge in [-0.1, -0.05) is 31.1 Å². The average Bonchev–Trinajstić information content (AvgIpc) is 3.13. The molecular formula is C18H24N6O3. The van der Waals surface area contributed by atoms with E-state index in [2.05, 4.69) is 21.4 Å². The van der Waals surface area contributed by atoms with E-state index in [1.165, 1.54) is 0 Å². The molecule has 1 aliphatic heterocycles. The highest BCUT2D eigenvalue weighted by atomic mass is 16.8. The molecule has 3 atom stereocenters. The molecule has 2 N–H and O–H groups in total. The van der Waals surface area contributed by atoms with Crippen LogP contribution in [-0.2, 0) is 14.5 Å². The first-order valence-electron chi connectivity index (χ1n) is 8.47. The molecule has 0 spiro atoms. The fourth-order valence-electron chi connectivity index (χ4n) is 3.36. The van der Waals surface area contributed by atoms with Crippen LogP contribution < -0.4 is 5.73 Å². The normalized spacial score (nSPS) is 30.0. The van der Waals surface area contributed by atoms with Crippen LogP contribution in [0, 0.1) is 44.8 Å². The van der Waals surface area contributed by atoms with Crippen LogP contribution in [0.25, 0.3) is 0 Å². The van der Waals surface area contributed by atoms with Gasteiger partial charge in [-0.25, -0.2) is 0 Å². The van der Waals surface area contributed by atoms with Gasteiger partial charge in [0.1, 0.15) is 11.6 Å². The van der Waals surface area contributed by atoms with Crippen LogP contribution in [0.4, 0.5) is 0 Å². The van der Waals surface area contributed by atoms with Crippen molar-refractivity contribution in [3.05, 3.63) is 0 Å². The molecule has 0 bridgehead atoms. The zero-order chi connectivity index (χ0) is 20.8. The highest BCUT2D eigenvalue weighted by Gasteiger charge is 2.98. The second kappa shape index (κ2) is 6.05. The lowest BCUT2D eigenvalue weighted by Gasteiger charge is -2.28. The predicted octanol–water partition coefficient (Wildman–Crippen LogP) is 2.10. The summed E-state index contributed by atoms with van der Waals surface area (Å²) < 4.78 is 0.